The first-order valence-electron chi connectivity index (χ1n) is 5.17. The van der Waals surface area contributed by atoms with E-state index in [1.807, 2.05) is 31.2 Å². The quantitative estimate of drug-likeness (QED) is 0.754. The van der Waals surface area contributed by atoms with E-state index in [-0.39, 0.29) is 12.3 Å². The van der Waals surface area contributed by atoms with Crippen molar-refractivity contribution < 1.29 is 13.6 Å². The van der Waals surface area contributed by atoms with Gasteiger partial charge in [-0.15, -0.1) is 0 Å². The number of halogens is 2. The topological polar surface area (TPSA) is 20.3 Å². The van der Waals surface area contributed by atoms with Crippen molar-refractivity contribution >= 4 is 5.91 Å². The molecule has 1 amide bonds. The van der Waals surface area contributed by atoms with Gasteiger partial charge in [-0.05, 0) is 12.5 Å². The molecule has 0 atom stereocenters. The normalized spacial score (nSPS) is 18.1. The van der Waals surface area contributed by atoms with Gasteiger partial charge < -0.3 is 4.90 Å². The molecule has 86 valence electrons. The van der Waals surface area contributed by atoms with Crippen LogP contribution in [-0.2, 0) is 11.2 Å². The highest BCUT2D eigenvalue weighted by atomic mass is 19.3. The number of nitrogens with zero attached hydrogens (tertiary/aromatic N) is 1. The van der Waals surface area contributed by atoms with E-state index in [0.29, 0.717) is 0 Å². The molecule has 1 aliphatic rings. The fourth-order valence-corrected chi connectivity index (χ4v) is 1.68. The summed E-state index contributed by atoms with van der Waals surface area (Å²) in [5, 5.41) is 0. The lowest BCUT2D eigenvalue weighted by atomic mass is 10.1. The zero-order valence-corrected chi connectivity index (χ0v) is 9.04. The summed E-state index contributed by atoms with van der Waals surface area (Å²) in [6.07, 6.45) is 0.205. The van der Waals surface area contributed by atoms with E-state index in [2.05, 4.69) is 0 Å². The minimum absolute atomic E-state index is 0.205. The lowest BCUT2D eigenvalue weighted by Gasteiger charge is -2.38. The Bertz CT molecular complexity index is 392. The predicted octanol–water partition coefficient (Wildman–Crippen LogP) is 2.02. The molecule has 2 nitrogen and oxygen atoms in total. The minimum atomic E-state index is -2.68. The largest absolute Gasteiger partial charge is 0.330 e. The summed E-state index contributed by atoms with van der Waals surface area (Å²) in [7, 11) is 0. The van der Waals surface area contributed by atoms with E-state index in [1.165, 1.54) is 4.90 Å². The van der Waals surface area contributed by atoms with Crippen LogP contribution in [0.25, 0.3) is 0 Å². The molecule has 1 aromatic rings. The van der Waals surface area contributed by atoms with E-state index in [4.69, 9.17) is 0 Å². The summed E-state index contributed by atoms with van der Waals surface area (Å²) in [6.45, 7) is 1.09. The van der Waals surface area contributed by atoms with Gasteiger partial charge in [-0.1, -0.05) is 29.8 Å². The Kier molecular flexibility index (Phi) is 2.66. The van der Waals surface area contributed by atoms with Crippen molar-refractivity contribution in [2.45, 2.75) is 19.3 Å². The lowest BCUT2D eigenvalue weighted by molar-refractivity contribution is -0.165. The fraction of sp³-hybridized carbons (Fsp3) is 0.417. The molecule has 0 N–H and O–H groups in total. The van der Waals surface area contributed by atoms with Gasteiger partial charge in [-0.25, -0.2) is 8.78 Å². The number of carbonyl (C=O) groups is 1. The van der Waals surface area contributed by atoms with Crippen LogP contribution < -0.4 is 0 Å². The third-order valence-electron chi connectivity index (χ3n) is 2.67. The first-order chi connectivity index (χ1) is 7.46. The summed E-state index contributed by atoms with van der Waals surface area (Å²) >= 11 is 0. The SMILES string of the molecule is Cc1ccc(CC(=O)N2CC(F)(F)C2)cc1. The highest BCUT2D eigenvalue weighted by molar-refractivity contribution is 5.79. The molecule has 1 aromatic carbocycles. The standard InChI is InChI=1S/C12H13F2NO/c1-9-2-4-10(5-3-9)6-11(16)15-7-12(13,14)8-15/h2-5H,6-8H2,1H3. The number of rotatable bonds is 2. The summed E-state index contributed by atoms with van der Waals surface area (Å²) in [5.41, 5.74) is 1.98. The molecule has 1 heterocycles. The van der Waals surface area contributed by atoms with Crippen LogP contribution in [0.5, 0.6) is 0 Å². The highest BCUT2D eigenvalue weighted by Crippen LogP contribution is 2.27. The molecule has 1 aliphatic heterocycles. The second-order valence-corrected chi connectivity index (χ2v) is 4.27. The zero-order chi connectivity index (χ0) is 11.8. The Morgan fingerprint density at radius 1 is 1.31 bits per heavy atom. The molecule has 16 heavy (non-hydrogen) atoms. The van der Waals surface area contributed by atoms with Gasteiger partial charge in [0.05, 0.1) is 19.5 Å². The van der Waals surface area contributed by atoms with Gasteiger partial charge >= 0.3 is 0 Å². The average molecular weight is 225 g/mol. The summed E-state index contributed by atoms with van der Waals surface area (Å²) in [5.74, 6) is -2.90. The first-order valence-corrected chi connectivity index (χ1v) is 5.17. The molecule has 0 radical (unpaired) electrons. The fourth-order valence-electron chi connectivity index (χ4n) is 1.68. The van der Waals surface area contributed by atoms with Gasteiger partial charge in [0.2, 0.25) is 5.91 Å². The first kappa shape index (κ1) is 11.0. The summed E-state index contributed by atoms with van der Waals surface area (Å²) < 4.78 is 25.1. The third kappa shape index (κ3) is 2.38. The van der Waals surface area contributed by atoms with Crippen LogP contribution in [0.2, 0.25) is 0 Å². The average Bonchev–Trinajstić information content (AvgIpc) is 2.18. The maximum atomic E-state index is 12.5. The van der Waals surface area contributed by atoms with E-state index in [1.54, 1.807) is 0 Å². The van der Waals surface area contributed by atoms with Crippen LogP contribution in [-0.4, -0.2) is 29.8 Å². The molecule has 2 rings (SSSR count). The van der Waals surface area contributed by atoms with Gasteiger partial charge in [0.15, 0.2) is 0 Å². The summed E-state index contributed by atoms with van der Waals surface area (Å²) in [4.78, 5) is 12.8. The Labute approximate surface area is 92.9 Å². The van der Waals surface area contributed by atoms with Crippen molar-refractivity contribution in [3.05, 3.63) is 35.4 Å². The molecule has 0 saturated carbocycles. The summed E-state index contributed by atoms with van der Waals surface area (Å²) in [6, 6.07) is 7.52. The second kappa shape index (κ2) is 3.85. The molecule has 1 fully saturated rings. The monoisotopic (exact) mass is 225 g/mol. The molecule has 0 aliphatic carbocycles. The number of benzene rings is 1. The van der Waals surface area contributed by atoms with Crippen molar-refractivity contribution in [2.24, 2.45) is 0 Å². The number of aryl methyl sites for hydroxylation is 1. The number of hydrogen-bond donors (Lipinski definition) is 0. The van der Waals surface area contributed by atoms with Crippen LogP contribution >= 0.6 is 0 Å². The van der Waals surface area contributed by atoms with Gasteiger partial charge in [-0.3, -0.25) is 4.79 Å². The Morgan fingerprint density at radius 3 is 2.38 bits per heavy atom. The number of carbonyl (C=O) groups excluding carboxylic acids is 1. The van der Waals surface area contributed by atoms with Gasteiger partial charge in [0.25, 0.3) is 5.92 Å². The van der Waals surface area contributed by atoms with Crippen molar-refractivity contribution in [2.75, 3.05) is 13.1 Å². The Balaban J connectivity index is 1.91. The second-order valence-electron chi connectivity index (χ2n) is 4.27. The molecule has 4 heteroatoms. The number of likely N-dealkylation sites (tertiary alicyclic amines) is 1. The predicted molar refractivity (Wildman–Crippen MR) is 56.4 cm³/mol. The van der Waals surface area contributed by atoms with Crippen molar-refractivity contribution in [1.82, 2.24) is 4.90 Å². The lowest BCUT2D eigenvalue weighted by Crippen LogP contribution is -2.58. The number of alkyl halides is 2. The Morgan fingerprint density at radius 2 is 1.88 bits per heavy atom. The maximum Gasteiger partial charge on any atom is 0.282 e. The Hall–Kier alpha value is -1.45. The van der Waals surface area contributed by atoms with E-state index >= 15 is 0 Å². The maximum absolute atomic E-state index is 12.5. The third-order valence-corrected chi connectivity index (χ3v) is 2.67. The van der Waals surface area contributed by atoms with Crippen LogP contribution in [0, 0.1) is 6.92 Å². The highest BCUT2D eigenvalue weighted by Gasteiger charge is 2.45. The van der Waals surface area contributed by atoms with E-state index in [0.717, 1.165) is 11.1 Å². The smallest absolute Gasteiger partial charge is 0.282 e. The van der Waals surface area contributed by atoms with Crippen LogP contribution in [0.1, 0.15) is 11.1 Å². The molecule has 0 bridgehead atoms. The van der Waals surface area contributed by atoms with E-state index in [9.17, 15) is 13.6 Å². The van der Waals surface area contributed by atoms with Crippen molar-refractivity contribution in [1.29, 1.82) is 0 Å². The van der Waals surface area contributed by atoms with Crippen LogP contribution in [0.15, 0.2) is 24.3 Å². The number of hydrogen-bond acceptors (Lipinski definition) is 1. The number of amides is 1. The molecule has 0 spiro atoms. The minimum Gasteiger partial charge on any atom is -0.330 e. The van der Waals surface area contributed by atoms with Gasteiger partial charge in [-0.2, -0.15) is 0 Å². The van der Waals surface area contributed by atoms with Crippen molar-refractivity contribution in [3.63, 3.8) is 0 Å². The van der Waals surface area contributed by atoms with Crippen LogP contribution in [0.3, 0.4) is 0 Å². The van der Waals surface area contributed by atoms with Crippen molar-refractivity contribution in [3.8, 4) is 0 Å². The molecule has 1 saturated heterocycles. The van der Waals surface area contributed by atoms with Gasteiger partial charge in [0.1, 0.15) is 0 Å². The van der Waals surface area contributed by atoms with E-state index < -0.39 is 19.0 Å². The van der Waals surface area contributed by atoms with Gasteiger partial charge in [0, 0.05) is 0 Å². The molecule has 0 aromatic heterocycles. The molecular weight excluding hydrogens is 212 g/mol. The molecule has 0 unspecified atom stereocenters. The van der Waals surface area contributed by atoms with Crippen LogP contribution in [0.4, 0.5) is 8.78 Å². The molecular formula is C12H13F2NO. The zero-order valence-electron chi connectivity index (χ0n) is 9.04.